The number of nitrogens with zero attached hydrogens (tertiary/aromatic N) is 1. The van der Waals surface area contributed by atoms with Crippen LogP contribution in [0.15, 0.2) is 48.5 Å². The number of carbonyl (C=O) groups excluding carboxylic acids is 1. The summed E-state index contributed by atoms with van der Waals surface area (Å²) in [6, 6.07) is 16.2. The number of benzene rings is 2. The molecular formula is C21H25NO3. The van der Waals surface area contributed by atoms with Gasteiger partial charge in [0.05, 0.1) is 26.2 Å². The van der Waals surface area contributed by atoms with Crippen molar-refractivity contribution in [2.45, 2.75) is 32.2 Å². The molecule has 1 fully saturated rings. The minimum absolute atomic E-state index is 0.151. The molecule has 1 aliphatic heterocycles. The predicted octanol–water partition coefficient (Wildman–Crippen LogP) is 4.14. The summed E-state index contributed by atoms with van der Waals surface area (Å²) in [5, 5.41) is 0. The van der Waals surface area contributed by atoms with E-state index in [4.69, 9.17) is 9.47 Å². The van der Waals surface area contributed by atoms with Gasteiger partial charge in [-0.1, -0.05) is 42.0 Å². The van der Waals surface area contributed by atoms with Crippen LogP contribution in [0.25, 0.3) is 0 Å². The highest BCUT2D eigenvalue weighted by Crippen LogP contribution is 2.32. The Balaban J connectivity index is 1.58. The third kappa shape index (κ3) is 4.13. The first-order valence-corrected chi connectivity index (χ1v) is 8.81. The fourth-order valence-corrected chi connectivity index (χ4v) is 3.33. The van der Waals surface area contributed by atoms with Crippen molar-refractivity contribution < 1.29 is 14.3 Å². The van der Waals surface area contributed by atoms with Crippen LogP contribution in [0, 0.1) is 6.92 Å². The van der Waals surface area contributed by atoms with Crippen LogP contribution in [0.3, 0.4) is 0 Å². The molecular weight excluding hydrogens is 314 g/mol. The van der Waals surface area contributed by atoms with Crippen molar-refractivity contribution in [2.24, 2.45) is 0 Å². The maximum atomic E-state index is 12.7. The average molecular weight is 339 g/mol. The molecule has 1 amide bonds. The number of hydrogen-bond acceptors (Lipinski definition) is 3. The Hall–Kier alpha value is -2.49. The Morgan fingerprint density at radius 2 is 1.84 bits per heavy atom. The summed E-state index contributed by atoms with van der Waals surface area (Å²) in [6.07, 6.45) is 2.46. The lowest BCUT2D eigenvalue weighted by molar-refractivity contribution is -0.132. The van der Waals surface area contributed by atoms with Gasteiger partial charge < -0.3 is 14.4 Å². The van der Waals surface area contributed by atoms with Gasteiger partial charge in [0.2, 0.25) is 5.91 Å². The van der Waals surface area contributed by atoms with E-state index >= 15 is 0 Å². The SMILES string of the molecule is COc1ccccc1OCCC(=O)N1CCCC1c1ccc(C)cc1. The smallest absolute Gasteiger partial charge is 0.226 e. The quantitative estimate of drug-likeness (QED) is 0.794. The fraction of sp³-hybridized carbons (Fsp3) is 0.381. The molecule has 4 heteroatoms. The molecule has 1 atom stereocenters. The van der Waals surface area contributed by atoms with Crippen molar-refractivity contribution in [2.75, 3.05) is 20.3 Å². The van der Waals surface area contributed by atoms with Crippen molar-refractivity contribution >= 4 is 5.91 Å². The Kier molecular flexibility index (Phi) is 5.59. The monoisotopic (exact) mass is 339 g/mol. The van der Waals surface area contributed by atoms with Gasteiger partial charge in [0, 0.05) is 6.54 Å². The van der Waals surface area contributed by atoms with Crippen molar-refractivity contribution in [1.82, 2.24) is 4.90 Å². The van der Waals surface area contributed by atoms with E-state index in [0.29, 0.717) is 24.5 Å². The van der Waals surface area contributed by atoms with Gasteiger partial charge in [0.25, 0.3) is 0 Å². The lowest BCUT2D eigenvalue weighted by Crippen LogP contribution is -2.31. The van der Waals surface area contributed by atoms with Gasteiger partial charge in [-0.15, -0.1) is 0 Å². The first kappa shape index (κ1) is 17.3. The third-order valence-electron chi connectivity index (χ3n) is 4.68. The molecule has 132 valence electrons. The van der Waals surface area contributed by atoms with Gasteiger partial charge in [-0.3, -0.25) is 4.79 Å². The maximum Gasteiger partial charge on any atom is 0.226 e. The summed E-state index contributed by atoms with van der Waals surface area (Å²) < 4.78 is 11.0. The van der Waals surface area contributed by atoms with Crippen LogP contribution in [0.2, 0.25) is 0 Å². The van der Waals surface area contributed by atoms with E-state index < -0.39 is 0 Å². The number of amides is 1. The van der Waals surface area contributed by atoms with E-state index in [1.165, 1.54) is 11.1 Å². The van der Waals surface area contributed by atoms with E-state index in [0.717, 1.165) is 19.4 Å². The van der Waals surface area contributed by atoms with Crippen molar-refractivity contribution in [3.8, 4) is 11.5 Å². The van der Waals surface area contributed by atoms with Gasteiger partial charge in [0.15, 0.2) is 11.5 Å². The second-order valence-corrected chi connectivity index (χ2v) is 6.41. The highest BCUT2D eigenvalue weighted by atomic mass is 16.5. The van der Waals surface area contributed by atoms with Crippen molar-refractivity contribution in [3.05, 3.63) is 59.7 Å². The molecule has 1 aliphatic rings. The predicted molar refractivity (Wildman–Crippen MR) is 98.0 cm³/mol. The van der Waals surface area contributed by atoms with Crippen LogP contribution in [0.1, 0.15) is 36.4 Å². The molecule has 3 rings (SSSR count). The highest BCUT2D eigenvalue weighted by Gasteiger charge is 2.29. The molecule has 1 heterocycles. The second-order valence-electron chi connectivity index (χ2n) is 6.41. The van der Waals surface area contributed by atoms with E-state index in [-0.39, 0.29) is 11.9 Å². The Bertz CT molecular complexity index is 711. The van der Waals surface area contributed by atoms with Gasteiger partial charge in [0.1, 0.15) is 0 Å². The third-order valence-corrected chi connectivity index (χ3v) is 4.68. The van der Waals surface area contributed by atoms with Gasteiger partial charge in [-0.2, -0.15) is 0 Å². The second kappa shape index (κ2) is 8.06. The maximum absolute atomic E-state index is 12.7. The van der Waals surface area contributed by atoms with Crippen molar-refractivity contribution in [1.29, 1.82) is 0 Å². The number of ether oxygens (including phenoxy) is 2. The molecule has 1 saturated heterocycles. The van der Waals surface area contributed by atoms with Crippen LogP contribution in [0.4, 0.5) is 0 Å². The summed E-state index contributed by atoms with van der Waals surface area (Å²) in [7, 11) is 1.61. The molecule has 0 saturated carbocycles. The average Bonchev–Trinajstić information content (AvgIpc) is 3.12. The Morgan fingerprint density at radius 3 is 2.56 bits per heavy atom. The van der Waals surface area contributed by atoms with E-state index in [1.807, 2.05) is 29.2 Å². The Morgan fingerprint density at radius 1 is 1.12 bits per heavy atom. The molecule has 0 bridgehead atoms. The summed E-state index contributed by atoms with van der Waals surface area (Å²) in [6.45, 7) is 3.26. The van der Waals surface area contributed by atoms with Gasteiger partial charge in [-0.05, 0) is 37.5 Å². The lowest BCUT2D eigenvalue weighted by Gasteiger charge is -2.25. The first-order chi connectivity index (χ1) is 12.2. The highest BCUT2D eigenvalue weighted by molar-refractivity contribution is 5.77. The van der Waals surface area contributed by atoms with Crippen LogP contribution in [0.5, 0.6) is 11.5 Å². The lowest BCUT2D eigenvalue weighted by atomic mass is 10.0. The number of rotatable bonds is 6. The summed E-state index contributed by atoms with van der Waals surface area (Å²) in [5.74, 6) is 1.51. The molecule has 4 nitrogen and oxygen atoms in total. The van der Waals surface area contributed by atoms with Crippen LogP contribution in [-0.4, -0.2) is 31.1 Å². The molecule has 2 aromatic rings. The molecule has 1 unspecified atom stereocenters. The molecule has 0 radical (unpaired) electrons. The molecule has 0 aliphatic carbocycles. The largest absolute Gasteiger partial charge is 0.493 e. The van der Waals surface area contributed by atoms with Crippen molar-refractivity contribution in [3.63, 3.8) is 0 Å². The van der Waals surface area contributed by atoms with Crippen LogP contribution in [-0.2, 0) is 4.79 Å². The number of aryl methyl sites for hydroxylation is 1. The zero-order chi connectivity index (χ0) is 17.6. The van der Waals surface area contributed by atoms with E-state index in [9.17, 15) is 4.79 Å². The topological polar surface area (TPSA) is 38.8 Å². The molecule has 2 aromatic carbocycles. The number of hydrogen-bond donors (Lipinski definition) is 0. The van der Waals surface area contributed by atoms with Gasteiger partial charge in [-0.25, -0.2) is 0 Å². The standard InChI is InChI=1S/C21H25NO3/c1-16-9-11-17(12-10-16)18-6-5-14-22(18)21(23)13-15-25-20-8-4-3-7-19(20)24-2/h3-4,7-12,18H,5-6,13-15H2,1-2H3. The number of likely N-dealkylation sites (tertiary alicyclic amines) is 1. The summed E-state index contributed by atoms with van der Waals surface area (Å²) >= 11 is 0. The van der Waals surface area contributed by atoms with Crippen LogP contribution >= 0.6 is 0 Å². The molecule has 0 N–H and O–H groups in total. The Labute approximate surface area is 149 Å². The molecule has 0 aromatic heterocycles. The first-order valence-electron chi connectivity index (χ1n) is 8.81. The zero-order valence-corrected chi connectivity index (χ0v) is 14.9. The summed E-state index contributed by atoms with van der Waals surface area (Å²) in [5.41, 5.74) is 2.46. The fourth-order valence-electron chi connectivity index (χ4n) is 3.33. The zero-order valence-electron chi connectivity index (χ0n) is 14.9. The van der Waals surface area contributed by atoms with E-state index in [2.05, 4.69) is 31.2 Å². The van der Waals surface area contributed by atoms with Gasteiger partial charge >= 0.3 is 0 Å². The van der Waals surface area contributed by atoms with Crippen LogP contribution < -0.4 is 9.47 Å². The number of methoxy groups -OCH3 is 1. The molecule has 25 heavy (non-hydrogen) atoms. The molecule has 0 spiro atoms. The van der Waals surface area contributed by atoms with E-state index in [1.54, 1.807) is 7.11 Å². The number of para-hydroxylation sites is 2. The minimum atomic E-state index is 0.151. The normalized spacial score (nSPS) is 16.7. The number of carbonyl (C=O) groups is 1. The summed E-state index contributed by atoms with van der Waals surface area (Å²) in [4.78, 5) is 14.7. The minimum Gasteiger partial charge on any atom is -0.493 e.